The molecule has 0 radical (unpaired) electrons. The molecule has 1 saturated heterocycles. The van der Waals surface area contributed by atoms with Crippen LogP contribution in [0.4, 0.5) is 0 Å². The van der Waals surface area contributed by atoms with E-state index >= 15 is 0 Å². The van der Waals surface area contributed by atoms with Gasteiger partial charge in [0.2, 0.25) is 5.91 Å². The van der Waals surface area contributed by atoms with E-state index in [0.717, 1.165) is 49.7 Å². The zero-order valence-electron chi connectivity index (χ0n) is 13.6. The highest BCUT2D eigenvalue weighted by Gasteiger charge is 2.24. The second kappa shape index (κ2) is 7.75. The summed E-state index contributed by atoms with van der Waals surface area (Å²) < 4.78 is 2.08. The van der Waals surface area contributed by atoms with Gasteiger partial charge >= 0.3 is 0 Å². The van der Waals surface area contributed by atoms with Crippen molar-refractivity contribution in [2.24, 2.45) is 5.92 Å². The summed E-state index contributed by atoms with van der Waals surface area (Å²) in [6.45, 7) is 6.44. The van der Waals surface area contributed by atoms with Gasteiger partial charge in [0, 0.05) is 43.3 Å². The molecule has 5 nitrogen and oxygen atoms in total. The van der Waals surface area contributed by atoms with Crippen LogP contribution in [0, 0.1) is 12.8 Å². The summed E-state index contributed by atoms with van der Waals surface area (Å²) in [6.07, 6.45) is 5.92. The molecule has 1 aliphatic rings. The molecule has 0 unspecified atom stereocenters. The largest absolute Gasteiger partial charge is 0.354 e. The number of amides is 1. The summed E-state index contributed by atoms with van der Waals surface area (Å²) in [5.41, 5.74) is 1.15. The van der Waals surface area contributed by atoms with Crippen molar-refractivity contribution in [3.8, 4) is 0 Å². The molecule has 3 heterocycles. The predicted octanol–water partition coefficient (Wildman–Crippen LogP) is 2.28. The monoisotopic (exact) mass is 332 g/mol. The maximum absolute atomic E-state index is 12.2. The highest BCUT2D eigenvalue weighted by Crippen LogP contribution is 2.19. The first-order valence-electron chi connectivity index (χ1n) is 8.22. The summed E-state index contributed by atoms with van der Waals surface area (Å²) >= 11 is 1.70. The molecule has 0 bridgehead atoms. The van der Waals surface area contributed by atoms with Gasteiger partial charge in [-0.1, -0.05) is 0 Å². The fourth-order valence-corrected chi connectivity index (χ4v) is 3.64. The van der Waals surface area contributed by atoms with Gasteiger partial charge in [-0.05, 0) is 45.0 Å². The first-order chi connectivity index (χ1) is 11.2. The summed E-state index contributed by atoms with van der Waals surface area (Å²) in [7, 11) is 0. The Hall–Kier alpha value is -1.66. The fraction of sp³-hybridized carbons (Fsp3) is 0.529. The molecule has 0 aromatic carbocycles. The van der Waals surface area contributed by atoms with E-state index in [4.69, 9.17) is 0 Å². The molecule has 1 fully saturated rings. The Morgan fingerprint density at radius 3 is 2.74 bits per heavy atom. The average Bonchev–Trinajstić information content (AvgIpc) is 3.20. The molecule has 124 valence electrons. The number of carbonyl (C=O) groups is 1. The zero-order chi connectivity index (χ0) is 16.1. The van der Waals surface area contributed by atoms with Crippen molar-refractivity contribution in [3.63, 3.8) is 0 Å². The third-order valence-corrected chi connectivity index (χ3v) is 5.17. The first-order valence-corrected chi connectivity index (χ1v) is 9.10. The summed E-state index contributed by atoms with van der Waals surface area (Å²) in [5, 5.41) is 6.33. The smallest absolute Gasteiger partial charge is 0.223 e. The summed E-state index contributed by atoms with van der Waals surface area (Å²) in [6, 6.07) is 4.00. The molecule has 0 saturated carbocycles. The van der Waals surface area contributed by atoms with Crippen LogP contribution in [-0.2, 0) is 17.9 Å². The molecule has 2 aromatic rings. The molecule has 1 N–H and O–H groups in total. The van der Waals surface area contributed by atoms with Crippen LogP contribution < -0.4 is 5.32 Å². The number of aromatic nitrogens is 2. The Balaban J connectivity index is 1.37. The molecule has 6 heteroatoms. The lowest BCUT2D eigenvalue weighted by Crippen LogP contribution is -2.41. The fourth-order valence-electron chi connectivity index (χ4n) is 3.04. The van der Waals surface area contributed by atoms with Crippen molar-refractivity contribution in [3.05, 3.63) is 40.6 Å². The molecule has 3 rings (SSSR count). The minimum absolute atomic E-state index is 0.160. The van der Waals surface area contributed by atoms with E-state index in [-0.39, 0.29) is 11.8 Å². The number of carbonyl (C=O) groups excluding carboxylic acids is 1. The van der Waals surface area contributed by atoms with Gasteiger partial charge in [-0.15, -0.1) is 11.3 Å². The summed E-state index contributed by atoms with van der Waals surface area (Å²) in [4.78, 5) is 19.2. The minimum atomic E-state index is 0.160. The molecule has 0 atom stereocenters. The number of aryl methyl sites for hydroxylation is 1. The van der Waals surface area contributed by atoms with Gasteiger partial charge < -0.3 is 9.88 Å². The van der Waals surface area contributed by atoms with Crippen LogP contribution >= 0.6 is 11.3 Å². The Labute approximate surface area is 141 Å². The SMILES string of the molecule is Cc1nc(CN2CCC(C(=O)NCCn3cccc3)CC2)cs1. The Morgan fingerprint density at radius 2 is 2.09 bits per heavy atom. The van der Waals surface area contributed by atoms with Crippen molar-refractivity contribution in [2.45, 2.75) is 32.9 Å². The second-order valence-corrected chi connectivity index (χ2v) is 7.18. The third-order valence-electron chi connectivity index (χ3n) is 4.35. The topological polar surface area (TPSA) is 50.2 Å². The summed E-state index contributed by atoms with van der Waals surface area (Å²) in [5.74, 6) is 0.370. The van der Waals surface area contributed by atoms with Gasteiger partial charge in [0.25, 0.3) is 0 Å². The van der Waals surface area contributed by atoms with E-state index in [9.17, 15) is 4.79 Å². The molecule has 23 heavy (non-hydrogen) atoms. The van der Waals surface area contributed by atoms with Crippen molar-refractivity contribution in [1.82, 2.24) is 19.8 Å². The number of piperidine rings is 1. The van der Waals surface area contributed by atoms with Gasteiger partial charge in [0.1, 0.15) is 0 Å². The Bertz CT molecular complexity index is 614. The van der Waals surface area contributed by atoms with Crippen molar-refractivity contribution in [2.75, 3.05) is 19.6 Å². The van der Waals surface area contributed by atoms with Gasteiger partial charge in [-0.3, -0.25) is 9.69 Å². The lowest BCUT2D eigenvalue weighted by Gasteiger charge is -2.30. The van der Waals surface area contributed by atoms with Gasteiger partial charge in [-0.25, -0.2) is 4.98 Å². The van der Waals surface area contributed by atoms with Crippen LogP contribution in [0.1, 0.15) is 23.5 Å². The van der Waals surface area contributed by atoms with Crippen LogP contribution in [0.3, 0.4) is 0 Å². The van der Waals surface area contributed by atoms with E-state index < -0.39 is 0 Å². The molecule has 0 spiro atoms. The number of likely N-dealkylation sites (tertiary alicyclic amines) is 1. The van der Waals surface area contributed by atoms with Crippen LogP contribution in [-0.4, -0.2) is 40.0 Å². The van der Waals surface area contributed by atoms with Gasteiger partial charge in [-0.2, -0.15) is 0 Å². The lowest BCUT2D eigenvalue weighted by molar-refractivity contribution is -0.126. The van der Waals surface area contributed by atoms with E-state index in [2.05, 4.69) is 25.1 Å². The van der Waals surface area contributed by atoms with Crippen LogP contribution in [0.25, 0.3) is 0 Å². The van der Waals surface area contributed by atoms with Gasteiger partial charge in [0.15, 0.2) is 0 Å². The van der Waals surface area contributed by atoms with E-state index in [1.165, 1.54) is 0 Å². The maximum Gasteiger partial charge on any atom is 0.223 e. The van der Waals surface area contributed by atoms with Crippen molar-refractivity contribution in [1.29, 1.82) is 0 Å². The molecule has 0 aliphatic carbocycles. The molecular weight excluding hydrogens is 308 g/mol. The quantitative estimate of drug-likeness (QED) is 0.883. The highest BCUT2D eigenvalue weighted by atomic mass is 32.1. The standard InChI is InChI=1S/C17H24N4OS/c1-14-19-16(13-23-14)12-21-9-4-15(5-10-21)17(22)18-6-11-20-7-2-3-8-20/h2-3,7-8,13,15H,4-6,9-12H2,1H3,(H,18,22). The molecular formula is C17H24N4OS. The third kappa shape index (κ3) is 4.65. The second-order valence-electron chi connectivity index (χ2n) is 6.12. The predicted molar refractivity (Wildman–Crippen MR) is 92.3 cm³/mol. The van der Waals surface area contributed by atoms with Crippen molar-refractivity contribution < 1.29 is 4.79 Å². The average molecular weight is 332 g/mol. The highest BCUT2D eigenvalue weighted by molar-refractivity contribution is 7.09. The number of nitrogens with one attached hydrogen (secondary N) is 1. The molecule has 2 aromatic heterocycles. The number of hydrogen-bond acceptors (Lipinski definition) is 4. The Morgan fingerprint density at radius 1 is 1.35 bits per heavy atom. The van der Waals surface area contributed by atoms with E-state index in [0.29, 0.717) is 6.54 Å². The van der Waals surface area contributed by atoms with Gasteiger partial charge in [0.05, 0.1) is 10.7 Å². The molecule has 1 aliphatic heterocycles. The molecule has 1 amide bonds. The van der Waals surface area contributed by atoms with Crippen LogP contribution in [0.2, 0.25) is 0 Å². The lowest BCUT2D eigenvalue weighted by atomic mass is 9.96. The van der Waals surface area contributed by atoms with E-state index in [1.807, 2.05) is 31.5 Å². The number of thiazole rings is 1. The minimum Gasteiger partial charge on any atom is -0.354 e. The van der Waals surface area contributed by atoms with Crippen molar-refractivity contribution >= 4 is 17.2 Å². The van der Waals surface area contributed by atoms with E-state index in [1.54, 1.807) is 11.3 Å². The number of rotatable bonds is 6. The maximum atomic E-state index is 12.2. The zero-order valence-corrected chi connectivity index (χ0v) is 14.4. The Kier molecular flexibility index (Phi) is 5.46. The first kappa shape index (κ1) is 16.2. The number of hydrogen-bond donors (Lipinski definition) is 1. The van der Waals surface area contributed by atoms with Crippen LogP contribution in [0.15, 0.2) is 29.9 Å². The normalized spacial score (nSPS) is 16.6. The number of nitrogens with zero attached hydrogens (tertiary/aromatic N) is 3. The van der Waals surface area contributed by atoms with Crippen LogP contribution in [0.5, 0.6) is 0 Å².